The molecule has 118 valence electrons. The molecule has 1 aliphatic heterocycles. The van der Waals surface area contributed by atoms with Gasteiger partial charge in [-0.25, -0.2) is 9.79 Å². The normalized spacial score (nSPS) is 14.6. The first-order chi connectivity index (χ1) is 11.7. The van der Waals surface area contributed by atoms with E-state index >= 15 is 0 Å². The molecule has 2 aromatic rings. The number of para-hydroxylation sites is 2. The van der Waals surface area contributed by atoms with E-state index in [0.29, 0.717) is 17.1 Å². The molecular formula is C17H11ClN4O2. The zero-order valence-electron chi connectivity index (χ0n) is 12.4. The summed E-state index contributed by atoms with van der Waals surface area (Å²) < 4.78 is 5.14. The molecule has 0 bridgehead atoms. The molecule has 1 N–H and O–H groups in total. The lowest BCUT2D eigenvalue weighted by molar-refractivity contribution is -0.139. The Bertz CT molecular complexity index is 885. The van der Waals surface area contributed by atoms with Crippen LogP contribution in [0.3, 0.4) is 0 Å². The fourth-order valence-corrected chi connectivity index (χ4v) is 2.32. The second kappa shape index (κ2) is 6.94. The Morgan fingerprint density at radius 2 is 2.04 bits per heavy atom. The predicted molar refractivity (Wildman–Crippen MR) is 89.7 cm³/mol. The quantitative estimate of drug-likeness (QED) is 0.527. The molecule has 7 heteroatoms. The average Bonchev–Trinajstić information content (AvgIpc) is 2.62. The summed E-state index contributed by atoms with van der Waals surface area (Å²) in [6, 6.07) is 14.3. The second-order valence-corrected chi connectivity index (χ2v) is 5.16. The van der Waals surface area contributed by atoms with Crippen molar-refractivity contribution in [1.29, 1.82) is 5.26 Å². The van der Waals surface area contributed by atoms with E-state index in [1.807, 2.05) is 18.2 Å². The molecule has 1 aromatic carbocycles. The number of esters is 1. The third-order valence-electron chi connectivity index (χ3n) is 3.23. The first kappa shape index (κ1) is 15.7. The zero-order valence-corrected chi connectivity index (χ0v) is 13.1. The fourth-order valence-electron chi connectivity index (χ4n) is 2.09. The van der Waals surface area contributed by atoms with E-state index in [1.165, 1.54) is 0 Å². The number of rotatable bonds is 3. The number of hydrogen-bond donors (Lipinski definition) is 1. The molecule has 0 saturated carbocycles. The van der Waals surface area contributed by atoms with E-state index in [2.05, 4.69) is 15.3 Å². The molecule has 2 heterocycles. The van der Waals surface area contributed by atoms with Crippen LogP contribution in [0.5, 0.6) is 0 Å². The summed E-state index contributed by atoms with van der Waals surface area (Å²) in [6.07, 6.45) is 1.59. The van der Waals surface area contributed by atoms with E-state index < -0.39 is 5.97 Å². The Morgan fingerprint density at radius 3 is 2.79 bits per heavy atom. The number of nitrogens with one attached hydrogen (secondary N) is 1. The maximum absolute atomic E-state index is 12.2. The summed E-state index contributed by atoms with van der Waals surface area (Å²) in [5, 5.41) is 12.3. The SMILES string of the molecule is N#C/C(C(=O)OCc1ccccn1)=C1\Nc2ccccc2N=C1Cl. The Labute approximate surface area is 143 Å². The van der Waals surface area contributed by atoms with Gasteiger partial charge in [0.25, 0.3) is 0 Å². The van der Waals surface area contributed by atoms with Crippen LogP contribution in [-0.2, 0) is 16.1 Å². The maximum Gasteiger partial charge on any atom is 0.351 e. The zero-order chi connectivity index (χ0) is 16.9. The van der Waals surface area contributed by atoms with Gasteiger partial charge in [-0.05, 0) is 24.3 Å². The third kappa shape index (κ3) is 3.26. The number of ether oxygens (including phenoxy) is 1. The lowest BCUT2D eigenvalue weighted by Crippen LogP contribution is -2.19. The number of carbonyl (C=O) groups excluding carboxylic acids is 1. The number of anilines is 1. The molecule has 0 atom stereocenters. The molecule has 0 saturated heterocycles. The number of aromatic nitrogens is 1. The minimum atomic E-state index is -0.793. The monoisotopic (exact) mass is 338 g/mol. The van der Waals surface area contributed by atoms with Crippen molar-refractivity contribution in [3.05, 3.63) is 65.6 Å². The van der Waals surface area contributed by atoms with Crippen molar-refractivity contribution in [1.82, 2.24) is 4.98 Å². The van der Waals surface area contributed by atoms with Crippen LogP contribution in [0, 0.1) is 11.3 Å². The summed E-state index contributed by atoms with van der Waals surface area (Å²) in [4.78, 5) is 20.5. The molecule has 24 heavy (non-hydrogen) atoms. The van der Waals surface area contributed by atoms with Gasteiger partial charge in [0.15, 0.2) is 10.7 Å². The summed E-state index contributed by atoms with van der Waals surface area (Å²) in [6.45, 7) is -0.0382. The summed E-state index contributed by atoms with van der Waals surface area (Å²) >= 11 is 6.10. The molecule has 1 aromatic heterocycles. The van der Waals surface area contributed by atoms with Crippen LogP contribution in [-0.4, -0.2) is 16.1 Å². The molecule has 6 nitrogen and oxygen atoms in total. The van der Waals surface area contributed by atoms with E-state index in [9.17, 15) is 10.1 Å². The van der Waals surface area contributed by atoms with Gasteiger partial charge >= 0.3 is 5.97 Å². The van der Waals surface area contributed by atoms with Crippen molar-refractivity contribution in [2.24, 2.45) is 4.99 Å². The number of allylic oxidation sites excluding steroid dienone is 1. The number of aliphatic imine (C=N–C) groups is 1. The van der Waals surface area contributed by atoms with Gasteiger partial charge in [-0.3, -0.25) is 4.98 Å². The standard InChI is InChI=1S/C17H11ClN4O2/c18-16-15(21-13-6-1-2-7-14(13)22-16)12(9-19)17(23)24-10-11-5-3-4-8-20-11/h1-8,21H,10H2/b15-12+. The van der Waals surface area contributed by atoms with Crippen molar-refractivity contribution in [2.75, 3.05) is 5.32 Å². The van der Waals surface area contributed by atoms with Crippen molar-refractivity contribution in [2.45, 2.75) is 6.61 Å². The molecule has 0 amide bonds. The number of fused-ring (bicyclic) bond motifs is 1. The molecule has 0 fully saturated rings. The molecular weight excluding hydrogens is 328 g/mol. The smallest absolute Gasteiger partial charge is 0.351 e. The highest BCUT2D eigenvalue weighted by molar-refractivity contribution is 6.70. The van der Waals surface area contributed by atoms with Crippen LogP contribution in [0.1, 0.15) is 5.69 Å². The van der Waals surface area contributed by atoms with E-state index in [4.69, 9.17) is 16.3 Å². The van der Waals surface area contributed by atoms with E-state index in [0.717, 1.165) is 0 Å². The van der Waals surface area contributed by atoms with Gasteiger partial charge < -0.3 is 10.1 Å². The Kier molecular flexibility index (Phi) is 4.54. The Hall–Kier alpha value is -3.17. The summed E-state index contributed by atoms with van der Waals surface area (Å²) in [5.74, 6) is -0.793. The Morgan fingerprint density at radius 1 is 1.25 bits per heavy atom. The lowest BCUT2D eigenvalue weighted by Gasteiger charge is -2.18. The van der Waals surface area contributed by atoms with Crippen LogP contribution in [0.2, 0.25) is 0 Å². The van der Waals surface area contributed by atoms with Gasteiger partial charge in [0.05, 0.1) is 17.1 Å². The minimum absolute atomic E-state index is 0.0278. The highest BCUT2D eigenvalue weighted by Crippen LogP contribution is 2.32. The molecule has 0 radical (unpaired) electrons. The van der Waals surface area contributed by atoms with Gasteiger partial charge in [0, 0.05) is 6.20 Å². The van der Waals surface area contributed by atoms with Crippen LogP contribution >= 0.6 is 11.6 Å². The molecule has 0 unspecified atom stereocenters. The van der Waals surface area contributed by atoms with E-state index in [-0.39, 0.29) is 23.0 Å². The van der Waals surface area contributed by atoms with Crippen LogP contribution < -0.4 is 5.32 Å². The van der Waals surface area contributed by atoms with Gasteiger partial charge in [-0.1, -0.05) is 29.8 Å². The number of carbonyl (C=O) groups is 1. The van der Waals surface area contributed by atoms with Crippen molar-refractivity contribution in [3.63, 3.8) is 0 Å². The van der Waals surface area contributed by atoms with Gasteiger partial charge in [0.2, 0.25) is 0 Å². The predicted octanol–water partition coefficient (Wildman–Crippen LogP) is 3.30. The topological polar surface area (TPSA) is 87.4 Å². The number of benzene rings is 1. The lowest BCUT2D eigenvalue weighted by atomic mass is 10.1. The van der Waals surface area contributed by atoms with Crippen LogP contribution in [0.25, 0.3) is 0 Å². The molecule has 0 aliphatic carbocycles. The number of nitriles is 1. The highest BCUT2D eigenvalue weighted by Gasteiger charge is 2.24. The van der Waals surface area contributed by atoms with E-state index in [1.54, 1.807) is 36.5 Å². The first-order valence-corrected chi connectivity index (χ1v) is 7.39. The Balaban J connectivity index is 1.84. The molecule has 3 rings (SSSR count). The van der Waals surface area contributed by atoms with Crippen LogP contribution in [0.15, 0.2) is 64.9 Å². The fraction of sp³-hybridized carbons (Fsp3) is 0.0588. The maximum atomic E-state index is 12.2. The first-order valence-electron chi connectivity index (χ1n) is 7.01. The highest BCUT2D eigenvalue weighted by atomic mass is 35.5. The third-order valence-corrected chi connectivity index (χ3v) is 3.51. The molecule has 1 aliphatic rings. The van der Waals surface area contributed by atoms with Crippen molar-refractivity contribution < 1.29 is 9.53 Å². The number of pyridine rings is 1. The number of halogens is 1. The molecule has 0 spiro atoms. The summed E-state index contributed by atoms with van der Waals surface area (Å²) in [7, 11) is 0. The minimum Gasteiger partial charge on any atom is -0.455 e. The van der Waals surface area contributed by atoms with Gasteiger partial charge in [0.1, 0.15) is 18.4 Å². The number of nitrogens with zero attached hydrogens (tertiary/aromatic N) is 3. The van der Waals surface area contributed by atoms with Crippen LogP contribution in [0.4, 0.5) is 11.4 Å². The summed E-state index contributed by atoms with van der Waals surface area (Å²) in [5.41, 5.74) is 1.75. The van der Waals surface area contributed by atoms with Gasteiger partial charge in [-0.15, -0.1) is 0 Å². The average molecular weight is 339 g/mol. The largest absolute Gasteiger partial charge is 0.455 e. The van der Waals surface area contributed by atoms with Crippen molar-refractivity contribution in [3.8, 4) is 6.07 Å². The van der Waals surface area contributed by atoms with Crippen molar-refractivity contribution >= 4 is 34.1 Å². The number of hydrogen-bond acceptors (Lipinski definition) is 6. The van der Waals surface area contributed by atoms with Gasteiger partial charge in [-0.2, -0.15) is 5.26 Å². The second-order valence-electron chi connectivity index (χ2n) is 4.80.